The van der Waals surface area contributed by atoms with Crippen LogP contribution in [0.2, 0.25) is 5.02 Å². The molecule has 0 saturated carbocycles. The van der Waals surface area contributed by atoms with Crippen LogP contribution in [0.5, 0.6) is 0 Å². The standard InChI is InChI=1S/C14H16ClN3O3/c1-8(19)12(16)14-18-11(7-21-14)13(20)17-6-9-3-2-4-10(15)5-9/h2-5,7-8,12,19H,6,16H2,1H3,(H,17,20). The van der Waals surface area contributed by atoms with Gasteiger partial charge in [-0.15, -0.1) is 0 Å². The Balaban J connectivity index is 1.98. The first-order chi connectivity index (χ1) is 9.97. The molecule has 6 nitrogen and oxygen atoms in total. The normalized spacial score (nSPS) is 13.7. The third-order valence-corrected chi connectivity index (χ3v) is 3.14. The topological polar surface area (TPSA) is 101 Å². The van der Waals surface area contributed by atoms with Crippen molar-refractivity contribution in [2.45, 2.75) is 25.6 Å². The van der Waals surface area contributed by atoms with E-state index >= 15 is 0 Å². The lowest BCUT2D eigenvalue weighted by Crippen LogP contribution is -2.25. The van der Waals surface area contributed by atoms with Crippen molar-refractivity contribution in [2.75, 3.05) is 0 Å². The van der Waals surface area contributed by atoms with Gasteiger partial charge >= 0.3 is 0 Å². The van der Waals surface area contributed by atoms with Crippen molar-refractivity contribution in [1.29, 1.82) is 0 Å². The number of hydrogen-bond acceptors (Lipinski definition) is 5. The van der Waals surface area contributed by atoms with Gasteiger partial charge in [-0.3, -0.25) is 4.79 Å². The largest absolute Gasteiger partial charge is 0.446 e. The predicted molar refractivity (Wildman–Crippen MR) is 77.7 cm³/mol. The van der Waals surface area contributed by atoms with Crippen LogP contribution in [0, 0.1) is 0 Å². The van der Waals surface area contributed by atoms with Gasteiger partial charge in [-0.05, 0) is 24.6 Å². The van der Waals surface area contributed by atoms with Crippen LogP contribution in [0.25, 0.3) is 0 Å². The van der Waals surface area contributed by atoms with E-state index in [4.69, 9.17) is 21.8 Å². The van der Waals surface area contributed by atoms with Gasteiger partial charge in [0.05, 0.1) is 6.10 Å². The Morgan fingerprint density at radius 3 is 3.00 bits per heavy atom. The number of amides is 1. The smallest absolute Gasteiger partial charge is 0.273 e. The third-order valence-electron chi connectivity index (χ3n) is 2.90. The summed E-state index contributed by atoms with van der Waals surface area (Å²) in [7, 11) is 0. The van der Waals surface area contributed by atoms with E-state index in [0.29, 0.717) is 11.6 Å². The van der Waals surface area contributed by atoms with Crippen molar-refractivity contribution in [3.63, 3.8) is 0 Å². The molecular formula is C14H16ClN3O3. The Morgan fingerprint density at radius 1 is 1.57 bits per heavy atom. The van der Waals surface area contributed by atoms with Crippen molar-refractivity contribution in [1.82, 2.24) is 10.3 Å². The number of aromatic nitrogens is 1. The highest BCUT2D eigenvalue weighted by Crippen LogP contribution is 2.14. The van der Waals surface area contributed by atoms with Crippen LogP contribution in [0.1, 0.15) is 34.9 Å². The van der Waals surface area contributed by atoms with E-state index in [0.717, 1.165) is 5.56 Å². The number of benzene rings is 1. The number of halogens is 1. The van der Waals surface area contributed by atoms with E-state index in [9.17, 15) is 9.90 Å². The first kappa shape index (κ1) is 15.5. The monoisotopic (exact) mass is 309 g/mol. The molecule has 0 spiro atoms. The molecule has 1 amide bonds. The Labute approximate surface area is 126 Å². The fraction of sp³-hybridized carbons (Fsp3) is 0.286. The zero-order chi connectivity index (χ0) is 15.4. The minimum Gasteiger partial charge on any atom is -0.446 e. The summed E-state index contributed by atoms with van der Waals surface area (Å²) in [6.45, 7) is 1.85. The molecule has 4 N–H and O–H groups in total. The van der Waals surface area contributed by atoms with Gasteiger partial charge in [-0.2, -0.15) is 0 Å². The van der Waals surface area contributed by atoms with Gasteiger partial charge in [0, 0.05) is 11.6 Å². The molecule has 1 aromatic heterocycles. The zero-order valence-electron chi connectivity index (χ0n) is 11.4. The maximum atomic E-state index is 11.9. The van der Waals surface area contributed by atoms with Crippen LogP contribution in [-0.4, -0.2) is 22.1 Å². The molecule has 2 rings (SSSR count). The number of oxazole rings is 1. The highest BCUT2D eigenvalue weighted by molar-refractivity contribution is 6.30. The second kappa shape index (κ2) is 6.71. The zero-order valence-corrected chi connectivity index (χ0v) is 12.2. The number of rotatable bonds is 5. The molecule has 0 aliphatic rings. The predicted octanol–water partition coefficient (Wildman–Crippen LogP) is 1.64. The van der Waals surface area contributed by atoms with Crippen LogP contribution in [0.3, 0.4) is 0 Å². The lowest BCUT2D eigenvalue weighted by atomic mass is 10.2. The molecule has 1 aromatic carbocycles. The number of aliphatic hydroxyl groups excluding tert-OH is 1. The second-order valence-electron chi connectivity index (χ2n) is 4.65. The fourth-order valence-corrected chi connectivity index (χ4v) is 1.88. The SMILES string of the molecule is CC(O)C(N)c1nc(C(=O)NCc2cccc(Cl)c2)co1. The Kier molecular flexibility index (Phi) is 4.95. The van der Waals surface area contributed by atoms with Gasteiger partial charge in [0.25, 0.3) is 5.91 Å². The van der Waals surface area contributed by atoms with Crippen LogP contribution in [-0.2, 0) is 6.54 Å². The lowest BCUT2D eigenvalue weighted by molar-refractivity contribution is 0.0945. The fourth-order valence-electron chi connectivity index (χ4n) is 1.67. The molecule has 2 aromatic rings. The maximum Gasteiger partial charge on any atom is 0.273 e. The summed E-state index contributed by atoms with van der Waals surface area (Å²) in [5, 5.41) is 12.7. The molecule has 0 aliphatic carbocycles. The highest BCUT2D eigenvalue weighted by atomic mass is 35.5. The Morgan fingerprint density at radius 2 is 2.33 bits per heavy atom. The van der Waals surface area contributed by atoms with Gasteiger partial charge in [0.1, 0.15) is 12.3 Å². The van der Waals surface area contributed by atoms with Gasteiger partial charge in [-0.1, -0.05) is 23.7 Å². The summed E-state index contributed by atoms with van der Waals surface area (Å²) < 4.78 is 5.10. The molecule has 2 atom stereocenters. The molecule has 0 bridgehead atoms. The van der Waals surface area contributed by atoms with Crippen molar-refractivity contribution in [3.05, 3.63) is 52.7 Å². The third kappa shape index (κ3) is 4.04. The number of carbonyl (C=O) groups excluding carboxylic acids is 1. The van der Waals surface area contributed by atoms with Gasteiger partial charge in [0.15, 0.2) is 5.69 Å². The van der Waals surface area contributed by atoms with Gasteiger partial charge in [-0.25, -0.2) is 4.98 Å². The van der Waals surface area contributed by atoms with Crippen molar-refractivity contribution in [2.24, 2.45) is 5.73 Å². The number of hydrogen-bond donors (Lipinski definition) is 3. The summed E-state index contributed by atoms with van der Waals surface area (Å²) in [4.78, 5) is 15.9. The molecule has 1 heterocycles. The first-order valence-corrected chi connectivity index (χ1v) is 6.77. The van der Waals surface area contributed by atoms with Gasteiger partial charge < -0.3 is 20.6 Å². The van der Waals surface area contributed by atoms with E-state index in [1.54, 1.807) is 18.2 Å². The molecule has 21 heavy (non-hydrogen) atoms. The average Bonchev–Trinajstić information content (AvgIpc) is 2.93. The van der Waals surface area contributed by atoms with Crippen LogP contribution in [0.15, 0.2) is 34.9 Å². The molecule has 0 radical (unpaired) electrons. The second-order valence-corrected chi connectivity index (χ2v) is 5.09. The summed E-state index contributed by atoms with van der Waals surface area (Å²) in [5.74, 6) is -0.263. The highest BCUT2D eigenvalue weighted by Gasteiger charge is 2.20. The number of nitrogens with one attached hydrogen (secondary N) is 1. The number of nitrogens with two attached hydrogens (primary N) is 1. The van der Waals surface area contributed by atoms with Crippen molar-refractivity contribution >= 4 is 17.5 Å². The minimum absolute atomic E-state index is 0.114. The minimum atomic E-state index is -0.814. The van der Waals surface area contributed by atoms with E-state index in [-0.39, 0.29) is 17.5 Å². The average molecular weight is 310 g/mol. The van der Waals surface area contributed by atoms with E-state index in [2.05, 4.69) is 10.3 Å². The first-order valence-electron chi connectivity index (χ1n) is 6.39. The van der Waals surface area contributed by atoms with Crippen LogP contribution in [0.4, 0.5) is 0 Å². The Hall–Kier alpha value is -1.89. The van der Waals surface area contributed by atoms with Crippen molar-refractivity contribution < 1.29 is 14.3 Å². The van der Waals surface area contributed by atoms with E-state index in [1.807, 2.05) is 6.07 Å². The molecule has 2 unspecified atom stereocenters. The maximum absolute atomic E-state index is 11.9. The summed E-state index contributed by atoms with van der Waals surface area (Å²) in [6, 6.07) is 6.41. The summed E-state index contributed by atoms with van der Waals surface area (Å²) >= 11 is 5.87. The number of carbonyl (C=O) groups is 1. The molecule has 0 aliphatic heterocycles. The summed E-state index contributed by atoms with van der Waals surface area (Å²) in [5.41, 5.74) is 6.67. The quantitative estimate of drug-likeness (QED) is 0.779. The van der Waals surface area contributed by atoms with Crippen LogP contribution >= 0.6 is 11.6 Å². The summed E-state index contributed by atoms with van der Waals surface area (Å²) in [6.07, 6.45) is 0.399. The van der Waals surface area contributed by atoms with Gasteiger partial charge in [0.2, 0.25) is 5.89 Å². The van der Waals surface area contributed by atoms with Crippen LogP contribution < -0.4 is 11.1 Å². The molecule has 7 heteroatoms. The lowest BCUT2D eigenvalue weighted by Gasteiger charge is -2.09. The van der Waals surface area contributed by atoms with Crippen molar-refractivity contribution in [3.8, 4) is 0 Å². The number of aliphatic hydroxyl groups is 1. The molecule has 0 saturated heterocycles. The molecule has 0 fully saturated rings. The van der Waals surface area contributed by atoms with E-state index < -0.39 is 12.1 Å². The number of nitrogens with zero attached hydrogens (tertiary/aromatic N) is 1. The molecular weight excluding hydrogens is 294 g/mol. The Bertz CT molecular complexity index is 627. The molecule has 112 valence electrons. The van der Waals surface area contributed by atoms with E-state index in [1.165, 1.54) is 13.2 Å².